The lowest BCUT2D eigenvalue weighted by Gasteiger charge is -2.12. The zero-order chi connectivity index (χ0) is 13.6. The Morgan fingerprint density at radius 1 is 1.39 bits per heavy atom. The largest absolute Gasteiger partial charge is 0.492 e. The average Bonchev–Trinajstić information content (AvgIpc) is 2.29. The fraction of sp³-hybridized carbons (Fsp3) is 0.455. The van der Waals surface area contributed by atoms with Crippen LogP contribution in [0.1, 0.15) is 13.8 Å². The van der Waals surface area contributed by atoms with Gasteiger partial charge < -0.3 is 4.74 Å². The third kappa shape index (κ3) is 4.72. The quantitative estimate of drug-likeness (QED) is 0.595. The van der Waals surface area contributed by atoms with Gasteiger partial charge in [-0.2, -0.15) is 0 Å². The van der Waals surface area contributed by atoms with E-state index in [9.17, 15) is 8.42 Å². The Labute approximate surface area is 113 Å². The third-order valence-electron chi connectivity index (χ3n) is 2.18. The van der Waals surface area contributed by atoms with Crippen molar-refractivity contribution in [2.45, 2.75) is 19.1 Å². The topological polar surface area (TPSA) is 67.4 Å². The highest BCUT2D eigenvalue weighted by Gasteiger charge is 2.15. The number of anilines is 1. The van der Waals surface area contributed by atoms with Crippen molar-refractivity contribution in [2.24, 2.45) is 0 Å². The molecule has 0 aliphatic carbocycles. The number of benzene rings is 1. The molecule has 0 atom stereocenters. The molecule has 102 valence electrons. The summed E-state index contributed by atoms with van der Waals surface area (Å²) in [6.45, 7) is 4.15. The second-order valence-corrected chi connectivity index (χ2v) is 6.46. The molecule has 7 heteroatoms. The number of nitrogens with one attached hydrogen (secondary N) is 2. The van der Waals surface area contributed by atoms with Gasteiger partial charge in [0, 0.05) is 12.6 Å². The Hall–Kier alpha value is -0.980. The summed E-state index contributed by atoms with van der Waals surface area (Å²) >= 11 is 5.30. The molecule has 5 nitrogen and oxygen atoms in total. The first-order valence-electron chi connectivity index (χ1n) is 5.53. The lowest BCUT2D eigenvalue weighted by molar-refractivity contribution is 0.324. The molecule has 1 rings (SSSR count). The van der Waals surface area contributed by atoms with E-state index >= 15 is 0 Å². The van der Waals surface area contributed by atoms with Crippen molar-refractivity contribution in [3.8, 4) is 5.75 Å². The highest BCUT2D eigenvalue weighted by molar-refractivity contribution is 7.93. The summed E-state index contributed by atoms with van der Waals surface area (Å²) in [6, 6.07) is 6.78. The molecule has 0 aromatic heterocycles. The average molecular weight is 293 g/mol. The minimum atomic E-state index is -3.33. The maximum Gasteiger partial charge on any atom is 0.235 e. The van der Waals surface area contributed by atoms with Crippen LogP contribution in [0, 0.1) is 0 Å². The molecule has 0 bridgehead atoms. The van der Waals surface area contributed by atoms with E-state index in [-0.39, 0.29) is 0 Å². The minimum absolute atomic E-state index is 0.407. The van der Waals surface area contributed by atoms with Gasteiger partial charge in [0.1, 0.15) is 12.4 Å². The highest BCUT2D eigenvalue weighted by atomic mass is 35.5. The molecular weight excluding hydrogens is 276 g/mol. The predicted octanol–water partition coefficient (Wildman–Crippen LogP) is 1.96. The molecule has 0 heterocycles. The van der Waals surface area contributed by atoms with Crippen LogP contribution in [0.5, 0.6) is 5.75 Å². The Balaban J connectivity index is 2.71. The van der Waals surface area contributed by atoms with Crippen LogP contribution in [0.4, 0.5) is 5.69 Å². The van der Waals surface area contributed by atoms with Crippen molar-refractivity contribution in [2.75, 3.05) is 17.9 Å². The summed E-state index contributed by atoms with van der Waals surface area (Å²) in [4.78, 5) is 2.44. The molecule has 1 aromatic carbocycles. The Morgan fingerprint density at radius 3 is 2.72 bits per heavy atom. The molecule has 0 saturated carbocycles. The maximum atomic E-state index is 11.7. The summed E-state index contributed by atoms with van der Waals surface area (Å²) < 4.78 is 31.3. The van der Waals surface area contributed by atoms with Crippen molar-refractivity contribution in [1.29, 1.82) is 0 Å². The molecule has 2 N–H and O–H groups in total. The van der Waals surface area contributed by atoms with Crippen molar-refractivity contribution in [3.05, 3.63) is 24.3 Å². The second kappa shape index (κ2) is 6.82. The van der Waals surface area contributed by atoms with E-state index in [0.717, 1.165) is 0 Å². The first-order valence-corrected chi connectivity index (χ1v) is 7.46. The molecule has 0 amide bonds. The number of hydrogen-bond donors (Lipinski definition) is 2. The van der Waals surface area contributed by atoms with Crippen LogP contribution >= 0.6 is 11.8 Å². The zero-order valence-corrected chi connectivity index (χ0v) is 11.9. The molecular formula is C11H17ClN2O3S. The fourth-order valence-corrected chi connectivity index (χ4v) is 1.91. The Morgan fingerprint density at radius 2 is 2.11 bits per heavy atom. The lowest BCUT2D eigenvalue weighted by Crippen LogP contribution is -2.22. The molecule has 1 aromatic rings. The van der Waals surface area contributed by atoms with Gasteiger partial charge in [0.05, 0.1) is 10.9 Å². The van der Waals surface area contributed by atoms with Crippen molar-refractivity contribution >= 4 is 27.5 Å². The van der Waals surface area contributed by atoms with E-state index in [0.29, 0.717) is 24.6 Å². The van der Waals surface area contributed by atoms with Gasteiger partial charge in [-0.3, -0.25) is 4.72 Å². The van der Waals surface area contributed by atoms with E-state index in [4.69, 9.17) is 16.5 Å². The summed E-state index contributed by atoms with van der Waals surface area (Å²) in [5, 5.41) is -0.484. The van der Waals surface area contributed by atoms with Gasteiger partial charge in [-0.15, -0.1) is 0 Å². The smallest absolute Gasteiger partial charge is 0.235 e. The van der Waals surface area contributed by atoms with Crippen LogP contribution in [0.3, 0.4) is 0 Å². The molecule has 0 aliphatic heterocycles. The molecule has 0 fully saturated rings. The molecule has 18 heavy (non-hydrogen) atoms. The molecule has 0 spiro atoms. The van der Waals surface area contributed by atoms with Gasteiger partial charge in [0.25, 0.3) is 0 Å². The van der Waals surface area contributed by atoms with Gasteiger partial charge in [0.15, 0.2) is 0 Å². The second-order valence-electron chi connectivity index (χ2n) is 3.96. The Kier molecular flexibility index (Phi) is 5.71. The van der Waals surface area contributed by atoms with Gasteiger partial charge >= 0.3 is 0 Å². The van der Waals surface area contributed by atoms with E-state index < -0.39 is 15.3 Å². The number of ether oxygens (including phenoxy) is 1. The van der Waals surface area contributed by atoms with E-state index in [1.807, 2.05) is 0 Å². The van der Waals surface area contributed by atoms with Gasteiger partial charge in [-0.25, -0.2) is 13.3 Å². The number of hydrogen-bond acceptors (Lipinski definition) is 4. The standard InChI is InChI=1S/C11H17ClN2O3S/c1-9(2)18(15,16)14-10-4-3-5-11(8-10)17-7-6-13-12/h3-5,8-9,13-14H,6-7H2,1-2H3. The molecule has 0 unspecified atom stereocenters. The van der Waals surface area contributed by atoms with Crippen LogP contribution in [0.25, 0.3) is 0 Å². The van der Waals surface area contributed by atoms with E-state index in [1.165, 1.54) is 0 Å². The summed E-state index contributed by atoms with van der Waals surface area (Å²) in [5.41, 5.74) is 0.486. The lowest BCUT2D eigenvalue weighted by atomic mass is 10.3. The predicted molar refractivity (Wildman–Crippen MR) is 73.5 cm³/mol. The van der Waals surface area contributed by atoms with Gasteiger partial charge in [-0.1, -0.05) is 6.07 Å². The highest BCUT2D eigenvalue weighted by Crippen LogP contribution is 2.19. The first kappa shape index (κ1) is 15.1. The molecule has 0 radical (unpaired) electrons. The van der Waals surface area contributed by atoms with Crippen molar-refractivity contribution in [1.82, 2.24) is 4.84 Å². The zero-order valence-electron chi connectivity index (χ0n) is 10.3. The summed E-state index contributed by atoms with van der Waals surface area (Å²) in [7, 11) is -3.33. The van der Waals surface area contributed by atoms with Crippen LogP contribution in [-0.4, -0.2) is 26.8 Å². The van der Waals surface area contributed by atoms with Crippen LogP contribution < -0.4 is 14.3 Å². The van der Waals surface area contributed by atoms with Crippen LogP contribution in [-0.2, 0) is 10.0 Å². The fourth-order valence-electron chi connectivity index (χ4n) is 1.14. The minimum Gasteiger partial charge on any atom is -0.492 e. The van der Waals surface area contributed by atoms with Gasteiger partial charge in [0.2, 0.25) is 10.0 Å². The SMILES string of the molecule is CC(C)S(=O)(=O)Nc1cccc(OCCNCl)c1. The maximum absolute atomic E-state index is 11.7. The number of halogens is 1. The van der Waals surface area contributed by atoms with Gasteiger partial charge in [-0.05, 0) is 37.8 Å². The number of sulfonamides is 1. The number of rotatable bonds is 7. The normalized spacial score (nSPS) is 11.6. The summed E-state index contributed by atoms with van der Waals surface area (Å²) in [6.07, 6.45) is 0. The third-order valence-corrected chi connectivity index (χ3v) is 4.13. The van der Waals surface area contributed by atoms with E-state index in [2.05, 4.69) is 9.56 Å². The molecule has 0 saturated heterocycles. The first-order chi connectivity index (χ1) is 8.45. The van der Waals surface area contributed by atoms with E-state index in [1.54, 1.807) is 38.1 Å². The van der Waals surface area contributed by atoms with Crippen molar-refractivity contribution in [3.63, 3.8) is 0 Å². The molecule has 0 aliphatic rings. The van der Waals surface area contributed by atoms with Crippen LogP contribution in [0.15, 0.2) is 24.3 Å². The Bertz CT molecular complexity index is 477. The van der Waals surface area contributed by atoms with Crippen molar-refractivity contribution < 1.29 is 13.2 Å². The summed E-state index contributed by atoms with van der Waals surface area (Å²) in [5.74, 6) is 0.589. The monoisotopic (exact) mass is 292 g/mol. The van der Waals surface area contributed by atoms with Crippen LogP contribution in [0.2, 0.25) is 0 Å².